The Morgan fingerprint density at radius 1 is 0.382 bits per heavy atom. The van der Waals surface area contributed by atoms with Gasteiger partial charge in [-0.3, -0.25) is 0 Å². The van der Waals surface area contributed by atoms with E-state index >= 15 is 0 Å². The fraction of sp³-hybridized carbons (Fsp3) is 0. The van der Waals surface area contributed by atoms with E-state index in [-0.39, 0.29) is 0 Å². The van der Waals surface area contributed by atoms with Crippen molar-refractivity contribution in [1.82, 2.24) is 4.57 Å². The van der Waals surface area contributed by atoms with Crippen molar-refractivity contribution in [1.29, 1.82) is 0 Å². The lowest BCUT2D eigenvalue weighted by atomic mass is 9.98. The summed E-state index contributed by atoms with van der Waals surface area (Å²) in [6.07, 6.45) is 0. The van der Waals surface area contributed by atoms with E-state index in [1.165, 1.54) is 75.0 Å². The third kappa shape index (κ3) is 5.24. The Hall–Kier alpha value is -6.94. The van der Waals surface area contributed by atoms with Crippen molar-refractivity contribution in [2.75, 3.05) is 4.90 Å². The number of para-hydroxylation sites is 3. The maximum Gasteiger partial charge on any atom is 0.0541 e. The molecule has 0 aliphatic heterocycles. The molecule has 0 spiro atoms. The molecule has 9 aromatic carbocycles. The van der Waals surface area contributed by atoms with Crippen molar-refractivity contribution in [3.05, 3.63) is 206 Å². The second-order valence-electron chi connectivity index (χ2n) is 14.1. The van der Waals surface area contributed by atoms with E-state index < -0.39 is 0 Å². The van der Waals surface area contributed by atoms with Gasteiger partial charge in [0.15, 0.2) is 0 Å². The van der Waals surface area contributed by atoms with E-state index in [2.05, 4.69) is 216 Å². The first kappa shape index (κ1) is 31.6. The van der Waals surface area contributed by atoms with E-state index in [0.717, 1.165) is 22.7 Å². The van der Waals surface area contributed by atoms with E-state index in [1.807, 2.05) is 11.3 Å². The van der Waals surface area contributed by atoms with Gasteiger partial charge in [0.05, 0.1) is 16.7 Å². The highest BCUT2D eigenvalue weighted by molar-refractivity contribution is 7.26. The van der Waals surface area contributed by atoms with Crippen LogP contribution in [0.4, 0.5) is 17.1 Å². The van der Waals surface area contributed by atoms with Crippen LogP contribution in [0.15, 0.2) is 206 Å². The molecule has 0 bridgehead atoms. The first-order valence-electron chi connectivity index (χ1n) is 18.8. The quantitative estimate of drug-likeness (QED) is 0.166. The summed E-state index contributed by atoms with van der Waals surface area (Å²) in [5, 5.41) is 7.60. The molecule has 11 rings (SSSR count). The van der Waals surface area contributed by atoms with Gasteiger partial charge in [0.2, 0.25) is 0 Å². The van der Waals surface area contributed by atoms with Gasteiger partial charge in [-0.25, -0.2) is 0 Å². The molecule has 0 aliphatic rings. The number of hydrogen-bond donors (Lipinski definition) is 0. The third-order valence-corrected chi connectivity index (χ3v) is 12.2. The number of nitrogens with zero attached hydrogens (tertiary/aromatic N) is 2. The lowest BCUT2D eigenvalue weighted by Crippen LogP contribution is -2.12. The van der Waals surface area contributed by atoms with Gasteiger partial charge in [0.25, 0.3) is 0 Å². The Balaban J connectivity index is 1.15. The maximum absolute atomic E-state index is 2.45. The highest BCUT2D eigenvalue weighted by Gasteiger charge is 2.21. The van der Waals surface area contributed by atoms with E-state index in [0.29, 0.717) is 0 Å². The van der Waals surface area contributed by atoms with Gasteiger partial charge in [0, 0.05) is 59.1 Å². The topological polar surface area (TPSA) is 8.17 Å². The normalized spacial score (nSPS) is 11.6. The van der Waals surface area contributed by atoms with Crippen molar-refractivity contribution in [3.8, 4) is 27.9 Å². The summed E-state index contributed by atoms with van der Waals surface area (Å²) in [5.41, 5.74) is 11.6. The number of anilines is 3. The third-order valence-electron chi connectivity index (χ3n) is 11.0. The molecule has 0 fully saturated rings. The van der Waals surface area contributed by atoms with Gasteiger partial charge in [-0.2, -0.15) is 0 Å². The lowest BCUT2D eigenvalue weighted by molar-refractivity contribution is 1.17. The van der Waals surface area contributed by atoms with Gasteiger partial charge in [-0.15, -0.1) is 11.3 Å². The number of aromatic nitrogens is 1. The average molecular weight is 719 g/mol. The Morgan fingerprint density at radius 2 is 0.982 bits per heavy atom. The lowest BCUT2D eigenvalue weighted by Gasteiger charge is -2.29. The Labute approximate surface area is 323 Å². The minimum atomic E-state index is 1.09. The summed E-state index contributed by atoms with van der Waals surface area (Å²) < 4.78 is 5.02. The highest BCUT2D eigenvalue weighted by Crippen LogP contribution is 2.47. The molecule has 0 saturated heterocycles. The molecule has 55 heavy (non-hydrogen) atoms. The van der Waals surface area contributed by atoms with Crippen molar-refractivity contribution in [2.24, 2.45) is 0 Å². The molecule has 0 aliphatic carbocycles. The molecule has 2 heterocycles. The molecule has 11 aromatic rings. The summed E-state index contributed by atoms with van der Waals surface area (Å²) in [6.45, 7) is 0. The summed E-state index contributed by atoms with van der Waals surface area (Å²) in [5.74, 6) is 0. The van der Waals surface area contributed by atoms with Crippen LogP contribution in [0.2, 0.25) is 0 Å². The van der Waals surface area contributed by atoms with E-state index in [1.54, 1.807) is 0 Å². The average Bonchev–Trinajstić information content (AvgIpc) is 3.80. The molecule has 0 N–H and O–H groups in total. The number of benzene rings is 9. The Kier molecular flexibility index (Phi) is 7.39. The summed E-state index contributed by atoms with van der Waals surface area (Å²) >= 11 is 1.88. The highest BCUT2D eigenvalue weighted by atomic mass is 32.1. The molecule has 258 valence electrons. The number of hydrogen-bond acceptors (Lipinski definition) is 2. The zero-order valence-electron chi connectivity index (χ0n) is 29.9. The monoisotopic (exact) mass is 718 g/mol. The molecule has 3 heteroatoms. The van der Waals surface area contributed by atoms with Crippen molar-refractivity contribution in [2.45, 2.75) is 0 Å². The number of rotatable bonds is 6. The summed E-state index contributed by atoms with van der Waals surface area (Å²) in [7, 11) is 0. The van der Waals surface area contributed by atoms with Crippen molar-refractivity contribution in [3.63, 3.8) is 0 Å². The largest absolute Gasteiger partial charge is 0.310 e. The smallest absolute Gasteiger partial charge is 0.0541 e. The van der Waals surface area contributed by atoms with Gasteiger partial charge >= 0.3 is 0 Å². The van der Waals surface area contributed by atoms with E-state index in [9.17, 15) is 0 Å². The zero-order valence-corrected chi connectivity index (χ0v) is 30.7. The van der Waals surface area contributed by atoms with Crippen LogP contribution in [0.5, 0.6) is 0 Å². The predicted octanol–water partition coefficient (Wildman–Crippen LogP) is 15.1. The van der Waals surface area contributed by atoms with E-state index in [4.69, 9.17) is 0 Å². The van der Waals surface area contributed by atoms with Crippen molar-refractivity contribution >= 4 is 81.1 Å². The van der Waals surface area contributed by atoms with Gasteiger partial charge < -0.3 is 9.47 Å². The van der Waals surface area contributed by atoms with Crippen LogP contribution in [-0.2, 0) is 0 Å². The Bertz CT molecular complexity index is 3190. The fourth-order valence-electron chi connectivity index (χ4n) is 8.45. The summed E-state index contributed by atoms with van der Waals surface area (Å²) in [6, 6.07) is 75.3. The Morgan fingerprint density at radius 3 is 1.82 bits per heavy atom. The van der Waals surface area contributed by atoms with Gasteiger partial charge in [-0.05, 0) is 82.6 Å². The predicted molar refractivity (Wildman–Crippen MR) is 237 cm³/mol. The standard InChI is InChI=1S/C52H34N2S/c1-2-15-36-32-38(31-30-35(36)14-1)37-16-11-17-39(33-37)53(40-18-12-19-41(34-40)54-49-27-8-3-20-42(49)43-21-4-9-28-50(43)54)48-26-7-5-22-44(48)46-24-13-25-47-45-23-6-10-29-51(45)55-52(46)47/h1-34H. The molecule has 0 unspecified atom stereocenters. The second-order valence-corrected chi connectivity index (χ2v) is 15.2. The maximum atomic E-state index is 2.45. The second kappa shape index (κ2) is 12.9. The number of thiophene rings is 1. The molecule has 0 saturated carbocycles. The zero-order chi connectivity index (χ0) is 36.3. The minimum Gasteiger partial charge on any atom is -0.310 e. The molecular weight excluding hydrogens is 685 g/mol. The van der Waals surface area contributed by atoms with Crippen LogP contribution in [0.3, 0.4) is 0 Å². The SMILES string of the molecule is c1cc(-c2ccc3ccccc3c2)cc(N(c2cccc(-n3c4ccccc4c4ccccc43)c2)c2ccccc2-c2cccc3c2sc2ccccc23)c1. The molecule has 0 radical (unpaired) electrons. The van der Waals surface area contributed by atoms with Gasteiger partial charge in [-0.1, -0.05) is 146 Å². The van der Waals surface area contributed by atoms with Crippen molar-refractivity contribution < 1.29 is 0 Å². The van der Waals surface area contributed by atoms with Crippen LogP contribution in [0.1, 0.15) is 0 Å². The number of fused-ring (bicyclic) bond motifs is 7. The van der Waals surface area contributed by atoms with Crippen LogP contribution >= 0.6 is 11.3 Å². The van der Waals surface area contributed by atoms with Crippen LogP contribution < -0.4 is 4.90 Å². The first-order chi connectivity index (χ1) is 27.3. The first-order valence-corrected chi connectivity index (χ1v) is 19.6. The molecule has 0 amide bonds. The molecule has 0 atom stereocenters. The van der Waals surface area contributed by atoms with Gasteiger partial charge in [0.1, 0.15) is 0 Å². The summed E-state index contributed by atoms with van der Waals surface area (Å²) in [4.78, 5) is 2.45. The van der Waals surface area contributed by atoms with Crippen LogP contribution in [0, 0.1) is 0 Å². The van der Waals surface area contributed by atoms with Crippen LogP contribution in [-0.4, -0.2) is 4.57 Å². The molecular formula is C52H34N2S. The molecule has 2 aromatic heterocycles. The fourth-order valence-corrected chi connectivity index (χ4v) is 9.68. The van der Waals surface area contributed by atoms with Crippen LogP contribution in [0.25, 0.3) is 80.7 Å². The molecule has 2 nitrogen and oxygen atoms in total. The minimum absolute atomic E-state index is 1.09.